The Morgan fingerprint density at radius 2 is 1.85 bits per heavy atom. The van der Waals surface area contributed by atoms with E-state index in [1.165, 1.54) is 11.1 Å². The molecule has 1 aliphatic rings. The molecule has 0 spiro atoms. The minimum atomic E-state index is 0.476. The molecule has 2 unspecified atom stereocenters. The second-order valence-corrected chi connectivity index (χ2v) is 6.61. The number of hydrogen-bond donors (Lipinski definition) is 1. The van der Waals surface area contributed by atoms with Crippen molar-refractivity contribution in [3.8, 4) is 0 Å². The van der Waals surface area contributed by atoms with Gasteiger partial charge in [-0.15, -0.1) is 0 Å². The van der Waals surface area contributed by atoms with Crippen molar-refractivity contribution in [3.05, 3.63) is 69.2 Å². The first kappa shape index (κ1) is 14.1. The monoisotopic (exact) mass is 349 g/mol. The Kier molecular flexibility index (Phi) is 4.45. The highest BCUT2D eigenvalue weighted by atomic mass is 79.9. The molecule has 1 N–H and O–H groups in total. The van der Waals surface area contributed by atoms with Gasteiger partial charge in [0.2, 0.25) is 0 Å². The summed E-state index contributed by atoms with van der Waals surface area (Å²) in [5.41, 5.74) is 2.65. The molecule has 1 fully saturated rings. The molecule has 2 atom stereocenters. The Balaban J connectivity index is 1.99. The molecule has 1 aliphatic heterocycles. The van der Waals surface area contributed by atoms with E-state index in [-0.39, 0.29) is 0 Å². The molecule has 0 bridgehead atoms. The summed E-state index contributed by atoms with van der Waals surface area (Å²) in [6.07, 6.45) is 1.12. The fourth-order valence-corrected chi connectivity index (χ4v) is 3.72. The maximum Gasteiger partial charge on any atom is 0.0441 e. The minimum absolute atomic E-state index is 0.476. The van der Waals surface area contributed by atoms with Gasteiger partial charge in [0.25, 0.3) is 0 Å². The van der Waals surface area contributed by atoms with E-state index in [1.807, 2.05) is 12.1 Å². The van der Waals surface area contributed by atoms with E-state index >= 15 is 0 Å². The third-order valence-corrected chi connectivity index (χ3v) is 4.90. The summed E-state index contributed by atoms with van der Waals surface area (Å²) in [5, 5.41) is 4.39. The summed E-state index contributed by atoms with van der Waals surface area (Å²) in [5.74, 6) is 0.959. The molecule has 0 aliphatic carbocycles. The second-order valence-electron chi connectivity index (χ2n) is 5.28. The normalized spacial score (nSPS) is 22.7. The van der Waals surface area contributed by atoms with Crippen molar-refractivity contribution in [1.82, 2.24) is 5.32 Å². The van der Waals surface area contributed by atoms with E-state index < -0.39 is 0 Å². The van der Waals surface area contributed by atoms with E-state index in [0.29, 0.717) is 11.8 Å². The summed E-state index contributed by atoms with van der Waals surface area (Å²) in [6.45, 7) is 2.06. The lowest BCUT2D eigenvalue weighted by molar-refractivity contribution is 0.404. The van der Waals surface area contributed by atoms with Crippen LogP contribution in [0.2, 0.25) is 5.02 Å². The molecule has 0 saturated carbocycles. The molecular formula is C17H17BrClN. The van der Waals surface area contributed by atoms with Crippen molar-refractivity contribution in [2.75, 3.05) is 13.1 Å². The number of hydrogen-bond acceptors (Lipinski definition) is 1. The van der Waals surface area contributed by atoms with Crippen LogP contribution in [0.25, 0.3) is 0 Å². The minimum Gasteiger partial charge on any atom is -0.316 e. The molecule has 1 saturated heterocycles. The van der Waals surface area contributed by atoms with Crippen molar-refractivity contribution < 1.29 is 0 Å². The van der Waals surface area contributed by atoms with Gasteiger partial charge >= 0.3 is 0 Å². The Morgan fingerprint density at radius 3 is 2.65 bits per heavy atom. The molecule has 1 heterocycles. The van der Waals surface area contributed by atoms with Crippen molar-refractivity contribution in [1.29, 1.82) is 0 Å². The fourth-order valence-electron chi connectivity index (χ4n) is 3.08. The first-order chi connectivity index (χ1) is 9.75. The lowest BCUT2D eigenvalue weighted by Crippen LogP contribution is -2.34. The van der Waals surface area contributed by atoms with E-state index in [1.54, 1.807) is 0 Å². The van der Waals surface area contributed by atoms with Crippen molar-refractivity contribution in [3.63, 3.8) is 0 Å². The smallest absolute Gasteiger partial charge is 0.0441 e. The maximum absolute atomic E-state index is 6.44. The Hall–Kier alpha value is -0.830. The van der Waals surface area contributed by atoms with Gasteiger partial charge in [0.05, 0.1) is 0 Å². The highest BCUT2D eigenvalue weighted by Crippen LogP contribution is 2.40. The molecular weight excluding hydrogens is 334 g/mol. The summed E-state index contributed by atoms with van der Waals surface area (Å²) < 4.78 is 1.10. The molecule has 20 heavy (non-hydrogen) atoms. The van der Waals surface area contributed by atoms with Gasteiger partial charge in [-0.3, -0.25) is 0 Å². The second kappa shape index (κ2) is 6.30. The number of nitrogens with one attached hydrogen (secondary N) is 1. The van der Waals surface area contributed by atoms with E-state index in [2.05, 4.69) is 57.6 Å². The molecule has 1 nitrogen and oxygen atoms in total. The summed E-state index contributed by atoms with van der Waals surface area (Å²) in [7, 11) is 0. The first-order valence-corrected chi connectivity index (χ1v) is 8.13. The standard InChI is InChI=1S/C17H17BrClN/c18-13-6-7-17(19)15(10-13)14-8-9-20-11-16(14)12-4-2-1-3-5-12/h1-7,10,14,16,20H,8-9,11H2. The van der Waals surface area contributed by atoms with E-state index in [4.69, 9.17) is 11.6 Å². The molecule has 104 valence electrons. The number of piperidine rings is 1. The third kappa shape index (κ3) is 2.93. The van der Waals surface area contributed by atoms with Gasteiger partial charge in [0.15, 0.2) is 0 Å². The van der Waals surface area contributed by atoms with E-state index in [0.717, 1.165) is 29.0 Å². The number of benzene rings is 2. The third-order valence-electron chi connectivity index (χ3n) is 4.07. The molecule has 3 heteroatoms. The van der Waals surface area contributed by atoms with Crippen LogP contribution in [-0.4, -0.2) is 13.1 Å². The number of rotatable bonds is 2. The first-order valence-electron chi connectivity index (χ1n) is 6.96. The lowest BCUT2D eigenvalue weighted by Gasteiger charge is -2.33. The average molecular weight is 351 g/mol. The summed E-state index contributed by atoms with van der Waals surface area (Å²) >= 11 is 10.0. The SMILES string of the molecule is Clc1ccc(Br)cc1C1CCNCC1c1ccccc1. The van der Waals surface area contributed by atoms with Crippen LogP contribution >= 0.6 is 27.5 Å². The maximum atomic E-state index is 6.44. The average Bonchev–Trinajstić information content (AvgIpc) is 2.51. The van der Waals surface area contributed by atoms with Crippen LogP contribution in [0.15, 0.2) is 53.0 Å². The fraction of sp³-hybridized carbons (Fsp3) is 0.294. The Labute approximate surface area is 133 Å². The molecule has 0 amide bonds. The zero-order chi connectivity index (χ0) is 13.9. The molecule has 0 radical (unpaired) electrons. The van der Waals surface area contributed by atoms with Crippen molar-refractivity contribution >= 4 is 27.5 Å². The van der Waals surface area contributed by atoms with Crippen LogP contribution in [0.4, 0.5) is 0 Å². The van der Waals surface area contributed by atoms with Gasteiger partial charge in [-0.05, 0) is 48.2 Å². The summed E-state index contributed by atoms with van der Waals surface area (Å²) in [6, 6.07) is 16.9. The highest BCUT2D eigenvalue weighted by Gasteiger charge is 2.29. The van der Waals surface area contributed by atoms with Gasteiger partial charge in [0, 0.05) is 22.0 Å². The lowest BCUT2D eigenvalue weighted by atomic mass is 9.77. The van der Waals surface area contributed by atoms with Gasteiger partial charge in [-0.2, -0.15) is 0 Å². The summed E-state index contributed by atoms with van der Waals surface area (Å²) in [4.78, 5) is 0. The molecule has 2 aromatic carbocycles. The topological polar surface area (TPSA) is 12.0 Å². The van der Waals surface area contributed by atoms with Gasteiger partial charge in [-0.25, -0.2) is 0 Å². The zero-order valence-electron chi connectivity index (χ0n) is 11.2. The largest absolute Gasteiger partial charge is 0.316 e. The van der Waals surface area contributed by atoms with Gasteiger partial charge < -0.3 is 5.32 Å². The van der Waals surface area contributed by atoms with Crippen LogP contribution in [-0.2, 0) is 0 Å². The molecule has 0 aromatic heterocycles. The van der Waals surface area contributed by atoms with Crippen molar-refractivity contribution in [2.45, 2.75) is 18.3 Å². The molecule has 2 aromatic rings. The zero-order valence-corrected chi connectivity index (χ0v) is 13.5. The Bertz CT molecular complexity index is 585. The van der Waals surface area contributed by atoms with E-state index in [9.17, 15) is 0 Å². The van der Waals surface area contributed by atoms with Crippen LogP contribution in [0.5, 0.6) is 0 Å². The highest BCUT2D eigenvalue weighted by molar-refractivity contribution is 9.10. The Morgan fingerprint density at radius 1 is 1.05 bits per heavy atom. The van der Waals surface area contributed by atoms with Crippen LogP contribution in [0.3, 0.4) is 0 Å². The number of halogens is 2. The quantitative estimate of drug-likeness (QED) is 0.807. The van der Waals surface area contributed by atoms with Crippen LogP contribution in [0, 0.1) is 0 Å². The van der Waals surface area contributed by atoms with Crippen LogP contribution in [0.1, 0.15) is 29.4 Å². The van der Waals surface area contributed by atoms with Gasteiger partial charge in [-0.1, -0.05) is 57.9 Å². The predicted molar refractivity (Wildman–Crippen MR) is 88.6 cm³/mol. The molecule has 3 rings (SSSR count). The van der Waals surface area contributed by atoms with Crippen molar-refractivity contribution in [2.24, 2.45) is 0 Å². The predicted octanol–water partition coefficient (Wildman–Crippen LogP) is 4.96. The van der Waals surface area contributed by atoms with Crippen LogP contribution < -0.4 is 5.32 Å². The van der Waals surface area contributed by atoms with Gasteiger partial charge in [0.1, 0.15) is 0 Å².